The average Bonchev–Trinajstić information content (AvgIpc) is 2.50. The Balaban J connectivity index is 2.67. The van der Waals surface area contributed by atoms with Crippen LogP contribution in [0.1, 0.15) is 0 Å². The molecule has 1 nitrogen and oxygen atoms in total. The number of ether oxygens (including phenoxy) is 1. The first-order valence-corrected chi connectivity index (χ1v) is 4.21. The van der Waals surface area contributed by atoms with Crippen molar-refractivity contribution in [2.24, 2.45) is 0 Å². The summed E-state index contributed by atoms with van der Waals surface area (Å²) in [6, 6.07) is 9.14. The van der Waals surface area contributed by atoms with E-state index in [0.29, 0.717) is 0 Å². The summed E-state index contributed by atoms with van der Waals surface area (Å²) in [4.78, 5) is 0. The van der Waals surface area contributed by atoms with Crippen LogP contribution in [-0.4, -0.2) is 7.11 Å². The third-order valence-corrected chi connectivity index (χ3v) is 2.43. The van der Waals surface area contributed by atoms with Crippen molar-refractivity contribution in [3.05, 3.63) is 29.6 Å². The fraction of sp³-hybridized carbons (Fsp3) is 0.111. The zero-order valence-electron chi connectivity index (χ0n) is 6.13. The molecule has 55 valence electrons. The summed E-state index contributed by atoms with van der Waals surface area (Å²) in [6.07, 6.45) is 0. The van der Waals surface area contributed by atoms with Crippen molar-refractivity contribution in [3.8, 4) is 5.75 Å². The maximum absolute atomic E-state index is 5.08. The minimum absolute atomic E-state index is 0.896. The Bertz CT molecular complexity index is 364. The highest BCUT2D eigenvalue weighted by Crippen LogP contribution is 2.24. The van der Waals surface area contributed by atoms with E-state index in [2.05, 4.69) is 12.1 Å². The third kappa shape index (κ3) is 1.10. The Kier molecular flexibility index (Phi) is 1.55. The van der Waals surface area contributed by atoms with Gasteiger partial charge in [-0.1, -0.05) is 0 Å². The Morgan fingerprint density at radius 3 is 3.18 bits per heavy atom. The molecule has 2 aromatic rings. The molecule has 0 N–H and O–H groups in total. The number of methoxy groups -OCH3 is 1. The van der Waals surface area contributed by atoms with E-state index in [1.807, 2.05) is 17.5 Å². The van der Waals surface area contributed by atoms with Crippen molar-refractivity contribution in [3.63, 3.8) is 0 Å². The van der Waals surface area contributed by atoms with Gasteiger partial charge < -0.3 is 4.74 Å². The lowest BCUT2D eigenvalue weighted by atomic mass is 10.2. The molecule has 0 fully saturated rings. The first kappa shape index (κ1) is 6.68. The standard InChI is InChI=1S/C9H7OS/c1-10-8-2-3-9-7(6-8)4-5-11-9/h2-3,5-6H,1H3. The number of benzene rings is 1. The molecule has 1 aromatic heterocycles. The van der Waals surface area contributed by atoms with Crippen LogP contribution in [0.3, 0.4) is 0 Å². The quantitative estimate of drug-likeness (QED) is 0.628. The predicted molar refractivity (Wildman–Crippen MR) is 47.2 cm³/mol. The van der Waals surface area contributed by atoms with Gasteiger partial charge in [0.1, 0.15) is 5.75 Å². The van der Waals surface area contributed by atoms with Gasteiger partial charge in [-0.2, -0.15) is 0 Å². The fourth-order valence-electron chi connectivity index (χ4n) is 1.01. The van der Waals surface area contributed by atoms with E-state index in [1.54, 1.807) is 18.4 Å². The van der Waals surface area contributed by atoms with Crippen LogP contribution in [0, 0.1) is 6.07 Å². The molecule has 0 unspecified atom stereocenters. The molecule has 0 aliphatic carbocycles. The Labute approximate surface area is 69.2 Å². The van der Waals surface area contributed by atoms with Crippen LogP contribution in [0.25, 0.3) is 10.1 Å². The molecule has 0 bridgehead atoms. The van der Waals surface area contributed by atoms with Crippen LogP contribution in [0.5, 0.6) is 5.75 Å². The lowest BCUT2D eigenvalue weighted by Gasteiger charge is -1.97. The minimum Gasteiger partial charge on any atom is -0.497 e. The number of hydrogen-bond acceptors (Lipinski definition) is 2. The summed E-state index contributed by atoms with van der Waals surface area (Å²) < 4.78 is 6.33. The maximum Gasteiger partial charge on any atom is 0.119 e. The third-order valence-electron chi connectivity index (χ3n) is 1.59. The van der Waals surface area contributed by atoms with E-state index in [-0.39, 0.29) is 0 Å². The lowest BCUT2D eigenvalue weighted by Crippen LogP contribution is -1.79. The molecule has 0 atom stereocenters. The second kappa shape index (κ2) is 2.55. The van der Waals surface area contributed by atoms with Crippen LogP contribution in [0.4, 0.5) is 0 Å². The number of fused-ring (bicyclic) bond motifs is 1. The number of rotatable bonds is 1. The molecule has 0 saturated heterocycles. The minimum atomic E-state index is 0.896. The van der Waals surface area contributed by atoms with Gasteiger partial charge in [-0.3, -0.25) is 0 Å². The van der Waals surface area contributed by atoms with E-state index < -0.39 is 0 Å². The van der Waals surface area contributed by atoms with Crippen molar-refractivity contribution in [1.82, 2.24) is 0 Å². The first-order chi connectivity index (χ1) is 5.40. The maximum atomic E-state index is 5.08. The molecule has 0 aliphatic heterocycles. The second-order valence-corrected chi connectivity index (χ2v) is 3.15. The van der Waals surface area contributed by atoms with E-state index in [4.69, 9.17) is 4.74 Å². The summed E-state index contributed by atoms with van der Waals surface area (Å²) >= 11 is 1.70. The highest BCUT2D eigenvalue weighted by atomic mass is 32.1. The average molecular weight is 163 g/mol. The summed E-state index contributed by atoms with van der Waals surface area (Å²) in [7, 11) is 1.67. The van der Waals surface area contributed by atoms with Gasteiger partial charge in [-0.05, 0) is 23.6 Å². The van der Waals surface area contributed by atoms with E-state index in [9.17, 15) is 0 Å². The van der Waals surface area contributed by atoms with Gasteiger partial charge in [0.05, 0.1) is 7.11 Å². The summed E-state index contributed by atoms with van der Waals surface area (Å²) in [5, 5.41) is 3.10. The molecule has 0 amide bonds. The van der Waals surface area contributed by atoms with E-state index in [0.717, 1.165) is 11.1 Å². The van der Waals surface area contributed by atoms with Gasteiger partial charge in [-0.15, -0.1) is 11.3 Å². The molecule has 0 aliphatic rings. The SMILES string of the molecule is COc1ccc2sc[c]c2c1. The Hall–Kier alpha value is -1.02. The van der Waals surface area contributed by atoms with Gasteiger partial charge in [0.25, 0.3) is 0 Å². The topological polar surface area (TPSA) is 9.23 Å². The van der Waals surface area contributed by atoms with Crippen LogP contribution >= 0.6 is 11.3 Å². The number of hydrogen-bond donors (Lipinski definition) is 0. The van der Waals surface area contributed by atoms with Crippen LogP contribution in [0.15, 0.2) is 23.6 Å². The molecule has 1 aromatic carbocycles. The van der Waals surface area contributed by atoms with Crippen molar-refractivity contribution in [2.45, 2.75) is 0 Å². The van der Waals surface area contributed by atoms with Crippen molar-refractivity contribution >= 4 is 21.4 Å². The molecule has 2 rings (SSSR count). The monoisotopic (exact) mass is 163 g/mol. The molecule has 1 heterocycles. The molecule has 0 spiro atoms. The zero-order chi connectivity index (χ0) is 7.68. The van der Waals surface area contributed by atoms with Crippen LogP contribution < -0.4 is 4.74 Å². The van der Waals surface area contributed by atoms with Gasteiger partial charge >= 0.3 is 0 Å². The summed E-state index contributed by atoms with van der Waals surface area (Å²) in [5.74, 6) is 0.896. The number of thiophene rings is 1. The molecule has 1 radical (unpaired) electrons. The highest BCUT2D eigenvalue weighted by molar-refractivity contribution is 7.17. The second-order valence-electron chi connectivity index (χ2n) is 2.24. The smallest absolute Gasteiger partial charge is 0.119 e. The van der Waals surface area contributed by atoms with Crippen LogP contribution in [0.2, 0.25) is 0 Å². The fourth-order valence-corrected chi connectivity index (χ4v) is 1.71. The zero-order valence-corrected chi connectivity index (χ0v) is 6.94. The van der Waals surface area contributed by atoms with Gasteiger partial charge in [0.15, 0.2) is 0 Å². The van der Waals surface area contributed by atoms with Crippen molar-refractivity contribution < 1.29 is 4.74 Å². The van der Waals surface area contributed by atoms with Gasteiger partial charge in [0, 0.05) is 16.2 Å². The molecule has 2 heteroatoms. The van der Waals surface area contributed by atoms with E-state index >= 15 is 0 Å². The Morgan fingerprint density at radius 2 is 2.36 bits per heavy atom. The lowest BCUT2D eigenvalue weighted by molar-refractivity contribution is 0.415. The van der Waals surface area contributed by atoms with Crippen LogP contribution in [-0.2, 0) is 0 Å². The highest BCUT2D eigenvalue weighted by Gasteiger charge is 1.95. The molecular weight excluding hydrogens is 156 g/mol. The normalized spacial score (nSPS) is 10.3. The van der Waals surface area contributed by atoms with Crippen molar-refractivity contribution in [1.29, 1.82) is 0 Å². The molecule has 11 heavy (non-hydrogen) atoms. The predicted octanol–water partition coefficient (Wildman–Crippen LogP) is 2.71. The first-order valence-electron chi connectivity index (χ1n) is 3.33. The molecular formula is C9H7OS. The van der Waals surface area contributed by atoms with Gasteiger partial charge in [0.2, 0.25) is 0 Å². The molecule has 0 saturated carbocycles. The largest absolute Gasteiger partial charge is 0.497 e. The van der Waals surface area contributed by atoms with Crippen molar-refractivity contribution in [2.75, 3.05) is 7.11 Å². The Morgan fingerprint density at radius 1 is 1.45 bits per heavy atom. The van der Waals surface area contributed by atoms with Gasteiger partial charge in [-0.25, -0.2) is 0 Å². The van der Waals surface area contributed by atoms with E-state index in [1.165, 1.54) is 4.70 Å². The summed E-state index contributed by atoms with van der Waals surface area (Å²) in [6.45, 7) is 0. The summed E-state index contributed by atoms with van der Waals surface area (Å²) in [5.41, 5.74) is 0.